The van der Waals surface area contributed by atoms with Crippen LogP contribution in [-0.2, 0) is 10.2 Å². The van der Waals surface area contributed by atoms with E-state index in [2.05, 4.69) is 11.1 Å². The monoisotopic (exact) mass is 363 g/mol. The molecule has 0 spiro atoms. The largest absolute Gasteiger partial charge is 0.465 e. The molecule has 0 N–H and O–H groups in total. The molecule has 1 aliphatic rings. The third kappa shape index (κ3) is 3.54. The third-order valence-electron chi connectivity index (χ3n) is 5.17. The van der Waals surface area contributed by atoms with Crippen molar-refractivity contribution in [3.8, 4) is 6.07 Å². The van der Waals surface area contributed by atoms with E-state index in [9.17, 15) is 14.9 Å². The van der Waals surface area contributed by atoms with E-state index in [0.29, 0.717) is 37.1 Å². The molecule has 0 saturated carbocycles. The van der Waals surface area contributed by atoms with Crippen molar-refractivity contribution in [3.63, 3.8) is 0 Å². The molecule has 1 amide bonds. The number of nitriles is 1. The summed E-state index contributed by atoms with van der Waals surface area (Å²) in [6.45, 7) is 2.67. The van der Waals surface area contributed by atoms with Gasteiger partial charge in [-0.1, -0.05) is 30.3 Å². The number of pyridine rings is 1. The van der Waals surface area contributed by atoms with Gasteiger partial charge in [-0.3, -0.25) is 9.78 Å². The van der Waals surface area contributed by atoms with Crippen LogP contribution in [0.5, 0.6) is 0 Å². The molecular weight excluding hydrogens is 342 g/mol. The van der Waals surface area contributed by atoms with E-state index in [1.54, 1.807) is 11.8 Å². The Labute approximate surface area is 158 Å². The molecule has 138 valence electrons. The molecule has 1 aliphatic heterocycles. The fourth-order valence-electron chi connectivity index (χ4n) is 3.45. The number of nitrogens with zero attached hydrogens (tertiary/aromatic N) is 3. The lowest BCUT2D eigenvalue weighted by Gasteiger charge is -2.37. The maximum absolute atomic E-state index is 12.8. The van der Waals surface area contributed by atoms with Crippen LogP contribution in [0.15, 0.2) is 42.6 Å². The lowest BCUT2D eigenvalue weighted by molar-refractivity contribution is 0.0599. The van der Waals surface area contributed by atoms with Crippen molar-refractivity contribution in [2.75, 3.05) is 20.2 Å². The highest BCUT2D eigenvalue weighted by molar-refractivity contribution is 5.97. The third-order valence-corrected chi connectivity index (χ3v) is 5.17. The summed E-state index contributed by atoms with van der Waals surface area (Å²) in [6, 6.07) is 13.6. The van der Waals surface area contributed by atoms with Crippen molar-refractivity contribution in [2.45, 2.75) is 25.2 Å². The van der Waals surface area contributed by atoms with Gasteiger partial charge < -0.3 is 9.64 Å². The predicted molar refractivity (Wildman–Crippen MR) is 99.2 cm³/mol. The first-order valence-electron chi connectivity index (χ1n) is 8.82. The standard InChI is InChI=1S/C21H21N3O3/c1-15-13-23-18(12-17(15)20(26)27-2)19(25)24-10-8-21(14-22,9-11-24)16-6-4-3-5-7-16/h3-7,12-13H,8-11H2,1-2H3. The maximum Gasteiger partial charge on any atom is 0.338 e. The lowest BCUT2D eigenvalue weighted by atomic mass is 9.74. The van der Waals surface area contributed by atoms with Gasteiger partial charge in [-0.05, 0) is 37.0 Å². The number of methoxy groups -OCH3 is 1. The van der Waals surface area contributed by atoms with Gasteiger partial charge in [0.1, 0.15) is 5.69 Å². The number of amides is 1. The molecule has 3 rings (SSSR count). The molecule has 6 heteroatoms. The first kappa shape index (κ1) is 18.6. The number of carbonyl (C=O) groups excluding carboxylic acids is 2. The quantitative estimate of drug-likeness (QED) is 0.783. The summed E-state index contributed by atoms with van der Waals surface area (Å²) in [7, 11) is 1.30. The van der Waals surface area contributed by atoms with Gasteiger partial charge in [0.2, 0.25) is 0 Å². The van der Waals surface area contributed by atoms with Gasteiger partial charge in [-0.2, -0.15) is 5.26 Å². The smallest absolute Gasteiger partial charge is 0.338 e. The Bertz CT molecular complexity index is 895. The van der Waals surface area contributed by atoms with Crippen LogP contribution in [-0.4, -0.2) is 42.0 Å². The van der Waals surface area contributed by atoms with E-state index in [1.807, 2.05) is 30.3 Å². The second-order valence-corrected chi connectivity index (χ2v) is 6.73. The van der Waals surface area contributed by atoms with Crippen LogP contribution >= 0.6 is 0 Å². The van der Waals surface area contributed by atoms with Crippen LogP contribution in [0.2, 0.25) is 0 Å². The average molecular weight is 363 g/mol. The minimum Gasteiger partial charge on any atom is -0.465 e. The number of rotatable bonds is 3. The van der Waals surface area contributed by atoms with E-state index in [0.717, 1.165) is 5.56 Å². The van der Waals surface area contributed by atoms with Gasteiger partial charge in [0.25, 0.3) is 5.91 Å². The van der Waals surface area contributed by atoms with Crippen LogP contribution in [0.25, 0.3) is 0 Å². The zero-order valence-corrected chi connectivity index (χ0v) is 15.4. The molecule has 0 unspecified atom stereocenters. The topological polar surface area (TPSA) is 83.3 Å². The van der Waals surface area contributed by atoms with Gasteiger partial charge in [0.15, 0.2) is 0 Å². The van der Waals surface area contributed by atoms with E-state index >= 15 is 0 Å². The molecule has 2 aromatic rings. The van der Waals surface area contributed by atoms with Crippen molar-refractivity contribution in [1.82, 2.24) is 9.88 Å². The summed E-state index contributed by atoms with van der Waals surface area (Å²) in [4.78, 5) is 30.6. The van der Waals surface area contributed by atoms with E-state index in [1.165, 1.54) is 19.4 Å². The number of carbonyl (C=O) groups is 2. The van der Waals surface area contributed by atoms with Crippen molar-refractivity contribution >= 4 is 11.9 Å². The summed E-state index contributed by atoms with van der Waals surface area (Å²) < 4.78 is 4.76. The summed E-state index contributed by atoms with van der Waals surface area (Å²) >= 11 is 0. The molecule has 0 atom stereocenters. The molecule has 0 radical (unpaired) electrons. The summed E-state index contributed by atoms with van der Waals surface area (Å²) in [6.07, 6.45) is 2.64. The number of ether oxygens (including phenoxy) is 1. The Kier molecular flexibility index (Phi) is 5.22. The molecule has 0 bridgehead atoms. The van der Waals surface area contributed by atoms with Crippen LogP contribution in [0.1, 0.15) is 44.8 Å². The highest BCUT2D eigenvalue weighted by atomic mass is 16.5. The molecule has 1 fully saturated rings. The van der Waals surface area contributed by atoms with Crippen LogP contribution in [0.3, 0.4) is 0 Å². The number of aryl methyl sites for hydroxylation is 1. The Morgan fingerprint density at radius 3 is 2.48 bits per heavy atom. The summed E-state index contributed by atoms with van der Waals surface area (Å²) in [5.74, 6) is -0.727. The molecule has 1 aromatic heterocycles. The summed E-state index contributed by atoms with van der Waals surface area (Å²) in [5.41, 5.74) is 1.62. The van der Waals surface area contributed by atoms with E-state index in [4.69, 9.17) is 4.74 Å². The zero-order chi connectivity index (χ0) is 19.4. The summed E-state index contributed by atoms with van der Waals surface area (Å²) in [5, 5.41) is 9.77. The minimum absolute atomic E-state index is 0.213. The lowest BCUT2D eigenvalue weighted by Crippen LogP contribution is -2.44. The van der Waals surface area contributed by atoms with Crippen LogP contribution in [0, 0.1) is 18.3 Å². The van der Waals surface area contributed by atoms with E-state index in [-0.39, 0.29) is 11.6 Å². The maximum atomic E-state index is 12.8. The molecule has 1 aromatic carbocycles. The predicted octanol–water partition coefficient (Wildman–Crippen LogP) is 2.87. The number of hydrogen-bond donors (Lipinski definition) is 0. The second kappa shape index (κ2) is 7.58. The number of esters is 1. The average Bonchev–Trinajstić information content (AvgIpc) is 2.73. The number of piperidine rings is 1. The molecule has 27 heavy (non-hydrogen) atoms. The molecule has 2 heterocycles. The Morgan fingerprint density at radius 1 is 1.22 bits per heavy atom. The van der Waals surface area contributed by atoms with Crippen LogP contribution < -0.4 is 0 Å². The number of hydrogen-bond acceptors (Lipinski definition) is 5. The molecule has 6 nitrogen and oxygen atoms in total. The Hall–Kier alpha value is -3.20. The highest BCUT2D eigenvalue weighted by Crippen LogP contribution is 2.35. The minimum atomic E-state index is -0.573. The van der Waals surface area contributed by atoms with Crippen molar-refractivity contribution < 1.29 is 14.3 Å². The first-order chi connectivity index (χ1) is 13.0. The number of benzene rings is 1. The fraction of sp³-hybridized carbons (Fsp3) is 0.333. The molecular formula is C21H21N3O3. The second-order valence-electron chi connectivity index (χ2n) is 6.73. The van der Waals surface area contributed by atoms with Crippen LogP contribution in [0.4, 0.5) is 0 Å². The van der Waals surface area contributed by atoms with Gasteiger partial charge in [-0.25, -0.2) is 4.79 Å². The normalized spacial score (nSPS) is 15.7. The van der Waals surface area contributed by atoms with E-state index < -0.39 is 11.4 Å². The molecule has 0 aliphatic carbocycles. The number of aromatic nitrogens is 1. The van der Waals surface area contributed by atoms with Gasteiger partial charge in [0.05, 0.1) is 24.2 Å². The van der Waals surface area contributed by atoms with Crippen molar-refractivity contribution in [1.29, 1.82) is 5.26 Å². The van der Waals surface area contributed by atoms with Crippen molar-refractivity contribution in [3.05, 3.63) is 65.0 Å². The van der Waals surface area contributed by atoms with Gasteiger partial charge in [-0.15, -0.1) is 0 Å². The van der Waals surface area contributed by atoms with Gasteiger partial charge in [0, 0.05) is 19.3 Å². The highest BCUT2D eigenvalue weighted by Gasteiger charge is 2.38. The zero-order valence-electron chi connectivity index (χ0n) is 15.4. The Morgan fingerprint density at radius 2 is 1.89 bits per heavy atom. The number of likely N-dealkylation sites (tertiary alicyclic amines) is 1. The first-order valence-corrected chi connectivity index (χ1v) is 8.82. The fourth-order valence-corrected chi connectivity index (χ4v) is 3.45. The SMILES string of the molecule is COC(=O)c1cc(C(=O)N2CCC(C#N)(c3ccccc3)CC2)ncc1C. The molecule has 1 saturated heterocycles. The Balaban J connectivity index is 1.78. The van der Waals surface area contributed by atoms with Crippen molar-refractivity contribution in [2.24, 2.45) is 0 Å². The van der Waals surface area contributed by atoms with Gasteiger partial charge >= 0.3 is 5.97 Å².